The Bertz CT molecular complexity index is 1190. The number of allylic oxidation sites excluding steroid dienone is 3. The lowest BCUT2D eigenvalue weighted by Crippen LogP contribution is -2.18. The monoisotopic (exact) mass is 413 g/mol. The van der Waals surface area contributed by atoms with E-state index in [0.29, 0.717) is 12.1 Å². The summed E-state index contributed by atoms with van der Waals surface area (Å²) in [5.74, 6) is 0.470. The molecule has 1 amide bonds. The first-order chi connectivity index (χ1) is 15.0. The van der Waals surface area contributed by atoms with Crippen molar-refractivity contribution in [2.45, 2.75) is 19.8 Å². The number of nitrogens with one attached hydrogen (secondary N) is 1. The number of carboxylic acids is 1. The summed E-state index contributed by atoms with van der Waals surface area (Å²) in [6, 6.07) is 20.4. The molecule has 0 saturated carbocycles. The Labute approximate surface area is 180 Å². The molecule has 1 aliphatic rings. The molecule has 1 unspecified atom stereocenters. The second kappa shape index (κ2) is 8.88. The SMILES string of the molecule is CC1CC(Oc2ccccc2)=CC=C1CC(=O)Nc1cc2ccccc2cc1C(=O)O. The van der Waals surface area contributed by atoms with Crippen LogP contribution in [0.5, 0.6) is 5.75 Å². The van der Waals surface area contributed by atoms with E-state index in [1.807, 2.05) is 66.7 Å². The van der Waals surface area contributed by atoms with Gasteiger partial charge in [-0.1, -0.05) is 61.0 Å². The largest absolute Gasteiger partial charge is 0.478 e. The van der Waals surface area contributed by atoms with Crippen LogP contribution >= 0.6 is 0 Å². The van der Waals surface area contributed by atoms with E-state index in [0.717, 1.165) is 27.9 Å². The molecule has 31 heavy (non-hydrogen) atoms. The van der Waals surface area contributed by atoms with E-state index in [9.17, 15) is 14.7 Å². The fraction of sp³-hybridized carbons (Fsp3) is 0.154. The minimum absolute atomic E-state index is 0.0798. The zero-order valence-electron chi connectivity index (χ0n) is 17.2. The third kappa shape index (κ3) is 4.83. The number of benzene rings is 3. The second-order valence-electron chi connectivity index (χ2n) is 7.67. The number of fused-ring (bicyclic) bond motifs is 1. The highest BCUT2D eigenvalue weighted by atomic mass is 16.5. The average molecular weight is 413 g/mol. The number of aromatic carboxylic acids is 1. The Morgan fingerprint density at radius 1 is 1.00 bits per heavy atom. The van der Waals surface area contributed by atoms with E-state index < -0.39 is 5.97 Å². The maximum Gasteiger partial charge on any atom is 0.337 e. The van der Waals surface area contributed by atoms with Crippen LogP contribution in [0.15, 0.2) is 90.2 Å². The molecule has 156 valence electrons. The van der Waals surface area contributed by atoms with Gasteiger partial charge in [0.15, 0.2) is 0 Å². The quantitative estimate of drug-likeness (QED) is 0.536. The average Bonchev–Trinajstić information content (AvgIpc) is 2.76. The highest BCUT2D eigenvalue weighted by molar-refractivity contribution is 6.05. The van der Waals surface area contributed by atoms with Crippen LogP contribution in [0.2, 0.25) is 0 Å². The summed E-state index contributed by atoms with van der Waals surface area (Å²) in [5, 5.41) is 14.0. The van der Waals surface area contributed by atoms with Crippen LogP contribution in [0.4, 0.5) is 5.69 Å². The maximum atomic E-state index is 12.7. The fourth-order valence-corrected chi connectivity index (χ4v) is 3.71. The van der Waals surface area contributed by atoms with Gasteiger partial charge in [0.2, 0.25) is 5.91 Å². The lowest BCUT2D eigenvalue weighted by atomic mass is 9.89. The van der Waals surface area contributed by atoms with Crippen LogP contribution in [-0.4, -0.2) is 17.0 Å². The molecule has 0 aliphatic heterocycles. The Balaban J connectivity index is 1.48. The fourth-order valence-electron chi connectivity index (χ4n) is 3.71. The lowest BCUT2D eigenvalue weighted by Gasteiger charge is -2.22. The Kier molecular flexibility index (Phi) is 5.85. The summed E-state index contributed by atoms with van der Waals surface area (Å²) < 4.78 is 5.91. The molecule has 4 rings (SSSR count). The number of hydrogen-bond acceptors (Lipinski definition) is 3. The van der Waals surface area contributed by atoms with Crippen molar-refractivity contribution in [3.63, 3.8) is 0 Å². The van der Waals surface area contributed by atoms with E-state index in [-0.39, 0.29) is 23.8 Å². The van der Waals surface area contributed by atoms with E-state index in [2.05, 4.69) is 12.2 Å². The smallest absolute Gasteiger partial charge is 0.337 e. The minimum atomic E-state index is -1.07. The van der Waals surface area contributed by atoms with E-state index in [1.54, 1.807) is 12.1 Å². The molecule has 0 saturated heterocycles. The molecule has 5 heteroatoms. The zero-order chi connectivity index (χ0) is 21.8. The van der Waals surface area contributed by atoms with Gasteiger partial charge in [0.1, 0.15) is 11.5 Å². The molecule has 0 fully saturated rings. The molecule has 5 nitrogen and oxygen atoms in total. The Morgan fingerprint density at radius 3 is 2.35 bits per heavy atom. The van der Waals surface area contributed by atoms with Gasteiger partial charge in [-0.05, 0) is 47.0 Å². The molecule has 0 radical (unpaired) electrons. The van der Waals surface area contributed by atoms with Gasteiger partial charge < -0.3 is 15.2 Å². The number of para-hydroxylation sites is 1. The van der Waals surface area contributed by atoms with Gasteiger partial charge in [0.05, 0.1) is 11.3 Å². The zero-order valence-corrected chi connectivity index (χ0v) is 17.2. The third-order valence-corrected chi connectivity index (χ3v) is 5.37. The standard InChI is InChI=1S/C26H23NO4/c1-17-13-22(31-21-9-3-2-4-10-21)12-11-18(17)16-25(28)27-24-15-20-8-6-5-7-19(20)14-23(24)26(29)30/h2-12,14-15,17H,13,16H2,1H3,(H,27,28)(H,29,30). The first kappa shape index (κ1) is 20.4. The number of anilines is 1. The molecule has 1 atom stereocenters. The second-order valence-corrected chi connectivity index (χ2v) is 7.67. The van der Waals surface area contributed by atoms with Gasteiger partial charge in [0.25, 0.3) is 0 Å². The summed E-state index contributed by atoms with van der Waals surface area (Å²) >= 11 is 0. The molecule has 3 aromatic carbocycles. The molecule has 0 heterocycles. The van der Waals surface area contributed by atoms with E-state index in [1.165, 1.54) is 0 Å². The highest BCUT2D eigenvalue weighted by Gasteiger charge is 2.20. The van der Waals surface area contributed by atoms with Crippen LogP contribution in [0, 0.1) is 5.92 Å². The van der Waals surface area contributed by atoms with Crippen molar-refractivity contribution in [3.05, 3.63) is 95.8 Å². The predicted octanol–water partition coefficient (Wildman–Crippen LogP) is 5.80. The summed E-state index contributed by atoms with van der Waals surface area (Å²) in [4.78, 5) is 24.4. The van der Waals surface area contributed by atoms with Gasteiger partial charge in [-0.3, -0.25) is 4.79 Å². The molecule has 2 N–H and O–H groups in total. The van der Waals surface area contributed by atoms with Gasteiger partial charge in [0, 0.05) is 12.8 Å². The van der Waals surface area contributed by atoms with Crippen molar-refractivity contribution < 1.29 is 19.4 Å². The molecule has 0 spiro atoms. The number of rotatable bonds is 6. The predicted molar refractivity (Wildman–Crippen MR) is 121 cm³/mol. The number of hydrogen-bond donors (Lipinski definition) is 2. The van der Waals surface area contributed by atoms with Gasteiger partial charge in [-0.15, -0.1) is 0 Å². The van der Waals surface area contributed by atoms with Crippen LogP contribution in [-0.2, 0) is 4.79 Å². The van der Waals surface area contributed by atoms with Crippen LogP contribution < -0.4 is 10.1 Å². The van der Waals surface area contributed by atoms with Crippen molar-refractivity contribution in [2.75, 3.05) is 5.32 Å². The number of ether oxygens (including phenoxy) is 1. The van der Waals surface area contributed by atoms with Crippen molar-refractivity contribution >= 4 is 28.3 Å². The van der Waals surface area contributed by atoms with Crippen molar-refractivity contribution in [2.24, 2.45) is 5.92 Å². The maximum absolute atomic E-state index is 12.7. The van der Waals surface area contributed by atoms with Crippen LogP contribution in [0.25, 0.3) is 10.8 Å². The van der Waals surface area contributed by atoms with Crippen molar-refractivity contribution in [1.29, 1.82) is 0 Å². The third-order valence-electron chi connectivity index (χ3n) is 5.37. The van der Waals surface area contributed by atoms with Gasteiger partial charge >= 0.3 is 5.97 Å². The number of carbonyl (C=O) groups excluding carboxylic acids is 1. The summed E-state index contributed by atoms with van der Waals surface area (Å²) in [5.41, 5.74) is 1.37. The summed E-state index contributed by atoms with van der Waals surface area (Å²) in [7, 11) is 0. The lowest BCUT2D eigenvalue weighted by molar-refractivity contribution is -0.115. The van der Waals surface area contributed by atoms with Crippen LogP contribution in [0.1, 0.15) is 30.1 Å². The number of amides is 1. The number of carboxylic acid groups (broad SMARTS) is 1. The molecule has 3 aromatic rings. The van der Waals surface area contributed by atoms with Gasteiger partial charge in [-0.25, -0.2) is 4.79 Å². The number of carbonyl (C=O) groups is 2. The van der Waals surface area contributed by atoms with E-state index >= 15 is 0 Å². The molecule has 1 aliphatic carbocycles. The Hall–Kier alpha value is -3.86. The normalized spacial score (nSPS) is 15.7. The molecule has 0 bridgehead atoms. The first-order valence-electron chi connectivity index (χ1n) is 10.2. The summed E-state index contributed by atoms with van der Waals surface area (Å²) in [6.45, 7) is 2.05. The van der Waals surface area contributed by atoms with E-state index in [4.69, 9.17) is 4.74 Å². The molecule has 0 aromatic heterocycles. The molecular formula is C26H23NO4. The minimum Gasteiger partial charge on any atom is -0.478 e. The molecular weight excluding hydrogens is 390 g/mol. The van der Waals surface area contributed by atoms with Gasteiger partial charge in [-0.2, -0.15) is 0 Å². The topological polar surface area (TPSA) is 75.6 Å². The van der Waals surface area contributed by atoms with Crippen molar-refractivity contribution in [3.8, 4) is 5.75 Å². The first-order valence-corrected chi connectivity index (χ1v) is 10.2. The summed E-state index contributed by atoms with van der Waals surface area (Å²) in [6.07, 6.45) is 4.71. The van der Waals surface area contributed by atoms with Crippen LogP contribution in [0.3, 0.4) is 0 Å². The van der Waals surface area contributed by atoms with Crippen molar-refractivity contribution in [1.82, 2.24) is 0 Å². The Morgan fingerprint density at radius 2 is 1.68 bits per heavy atom. The highest BCUT2D eigenvalue weighted by Crippen LogP contribution is 2.30.